The second-order valence-corrected chi connectivity index (χ2v) is 6.12. The minimum Gasteiger partial charge on any atom is -0.324 e. The van der Waals surface area contributed by atoms with Crippen LogP contribution in [0.5, 0.6) is 0 Å². The Labute approximate surface area is 101 Å². The largest absolute Gasteiger partial charge is 0.333 e. The zero-order valence-electron chi connectivity index (χ0n) is 9.74. The molecule has 1 aromatic rings. The zero-order chi connectivity index (χ0) is 12.3. The van der Waals surface area contributed by atoms with E-state index in [0.29, 0.717) is 13.1 Å². The molecule has 3 unspecified atom stereocenters. The van der Waals surface area contributed by atoms with Gasteiger partial charge >= 0.3 is 7.60 Å². The first kappa shape index (κ1) is 12.7. The number of pyridine rings is 1. The van der Waals surface area contributed by atoms with Gasteiger partial charge in [-0.05, 0) is 19.1 Å². The summed E-state index contributed by atoms with van der Waals surface area (Å²) >= 11 is 0. The van der Waals surface area contributed by atoms with E-state index in [4.69, 9.17) is 4.52 Å². The highest BCUT2D eigenvalue weighted by Gasteiger charge is 2.42. The molecule has 0 saturated carbocycles. The molecule has 94 valence electrons. The van der Waals surface area contributed by atoms with Crippen LogP contribution in [-0.2, 0) is 9.09 Å². The predicted molar refractivity (Wildman–Crippen MR) is 65.1 cm³/mol. The summed E-state index contributed by atoms with van der Waals surface area (Å²) in [5, 5.41) is 3.13. The molecule has 1 saturated heterocycles. The fourth-order valence-electron chi connectivity index (χ4n) is 2.19. The maximum atomic E-state index is 12.1. The first-order valence-corrected chi connectivity index (χ1v) is 7.38. The number of rotatable bonds is 4. The van der Waals surface area contributed by atoms with Crippen molar-refractivity contribution in [2.75, 3.05) is 19.7 Å². The van der Waals surface area contributed by atoms with Crippen molar-refractivity contribution in [2.24, 2.45) is 0 Å². The number of hydrogen-bond acceptors (Lipinski definition) is 4. The summed E-state index contributed by atoms with van der Waals surface area (Å²) in [6, 6.07) is 5.61. The molecule has 0 amide bonds. The summed E-state index contributed by atoms with van der Waals surface area (Å²) in [7, 11) is -3.56. The summed E-state index contributed by atoms with van der Waals surface area (Å²) in [6.07, 6.45) is 1.70. The summed E-state index contributed by atoms with van der Waals surface area (Å²) in [4.78, 5) is 14.2. The van der Waals surface area contributed by atoms with E-state index in [2.05, 4.69) is 10.3 Å². The highest BCUT2D eigenvalue weighted by Crippen LogP contribution is 2.53. The molecule has 2 N–H and O–H groups in total. The maximum Gasteiger partial charge on any atom is 0.333 e. The summed E-state index contributed by atoms with van der Waals surface area (Å²) in [6.45, 7) is 3.13. The third kappa shape index (κ3) is 2.75. The average molecular weight is 256 g/mol. The predicted octanol–water partition coefficient (Wildman–Crippen LogP) is 1.36. The normalized spacial score (nSPS) is 27.9. The van der Waals surface area contributed by atoms with Gasteiger partial charge in [-0.1, -0.05) is 6.07 Å². The Kier molecular flexibility index (Phi) is 3.94. The highest BCUT2D eigenvalue weighted by atomic mass is 31.2. The molecule has 1 aliphatic rings. The molecule has 0 spiro atoms. The average Bonchev–Trinajstić information content (AvgIpc) is 2.79. The van der Waals surface area contributed by atoms with Gasteiger partial charge in [-0.15, -0.1) is 0 Å². The van der Waals surface area contributed by atoms with E-state index in [9.17, 15) is 9.46 Å². The van der Waals surface area contributed by atoms with Crippen molar-refractivity contribution < 1.29 is 14.0 Å². The topological polar surface area (TPSA) is 71.5 Å². The van der Waals surface area contributed by atoms with Gasteiger partial charge in [0, 0.05) is 30.9 Å². The molecule has 0 bridgehead atoms. The molecular formula is C11H17N2O3P. The molecule has 3 atom stereocenters. The first-order valence-electron chi connectivity index (χ1n) is 5.74. The van der Waals surface area contributed by atoms with Gasteiger partial charge in [-0.3, -0.25) is 9.55 Å². The van der Waals surface area contributed by atoms with Crippen LogP contribution in [0.1, 0.15) is 18.5 Å². The van der Waals surface area contributed by atoms with Crippen molar-refractivity contribution in [2.45, 2.75) is 18.5 Å². The fraction of sp³-hybridized carbons (Fsp3) is 0.545. The monoisotopic (exact) mass is 256 g/mol. The maximum absolute atomic E-state index is 12.1. The van der Waals surface area contributed by atoms with Crippen LogP contribution in [0.4, 0.5) is 0 Å². The van der Waals surface area contributed by atoms with Crippen LogP contribution >= 0.6 is 7.60 Å². The number of aromatic nitrogens is 1. The van der Waals surface area contributed by atoms with Gasteiger partial charge in [-0.25, -0.2) is 0 Å². The van der Waals surface area contributed by atoms with E-state index in [0.717, 1.165) is 5.69 Å². The van der Waals surface area contributed by atoms with Gasteiger partial charge in [-0.2, -0.15) is 0 Å². The molecule has 5 nitrogen and oxygen atoms in total. The van der Waals surface area contributed by atoms with E-state index >= 15 is 0 Å². The molecule has 1 aliphatic heterocycles. The van der Waals surface area contributed by atoms with Crippen LogP contribution in [0.3, 0.4) is 0 Å². The lowest BCUT2D eigenvalue weighted by Gasteiger charge is -2.22. The lowest BCUT2D eigenvalue weighted by Crippen LogP contribution is -2.20. The van der Waals surface area contributed by atoms with Crippen LogP contribution in [0.2, 0.25) is 0 Å². The quantitative estimate of drug-likeness (QED) is 0.796. The van der Waals surface area contributed by atoms with Gasteiger partial charge in [0.25, 0.3) is 0 Å². The van der Waals surface area contributed by atoms with Crippen LogP contribution in [0.15, 0.2) is 24.4 Å². The summed E-state index contributed by atoms with van der Waals surface area (Å²) < 4.78 is 17.1. The van der Waals surface area contributed by atoms with E-state index < -0.39 is 13.3 Å². The van der Waals surface area contributed by atoms with Gasteiger partial charge in [0.2, 0.25) is 0 Å². The number of nitrogens with one attached hydrogen (secondary N) is 1. The van der Waals surface area contributed by atoms with E-state index in [-0.39, 0.29) is 12.5 Å². The molecule has 0 radical (unpaired) electrons. The molecule has 1 aromatic heterocycles. The van der Waals surface area contributed by atoms with Crippen molar-refractivity contribution in [3.05, 3.63) is 30.1 Å². The molecule has 1 fully saturated rings. The number of hydrogen-bond donors (Lipinski definition) is 2. The molecule has 2 heterocycles. The Hall–Kier alpha value is -0.740. The standard InChI is InChI=1S/C11H17N2O3P/c1-2-16-17(14,15)11-8-12-7-9(11)10-5-3-4-6-13-10/h3-6,9,11-12H,2,7-8H2,1H3,(H,14,15). The zero-order valence-corrected chi connectivity index (χ0v) is 10.6. The highest BCUT2D eigenvalue weighted by molar-refractivity contribution is 7.53. The number of nitrogens with zero attached hydrogens (tertiary/aromatic N) is 1. The van der Waals surface area contributed by atoms with Crippen molar-refractivity contribution in [3.8, 4) is 0 Å². The van der Waals surface area contributed by atoms with E-state index in [1.807, 2.05) is 18.2 Å². The van der Waals surface area contributed by atoms with Gasteiger partial charge in [0.05, 0.1) is 12.3 Å². The molecule has 0 aliphatic carbocycles. The Morgan fingerprint density at radius 1 is 1.59 bits per heavy atom. The summed E-state index contributed by atoms with van der Waals surface area (Å²) in [5.41, 5.74) is 0.439. The lowest BCUT2D eigenvalue weighted by molar-refractivity contribution is 0.263. The third-order valence-corrected chi connectivity index (χ3v) is 4.99. The molecule has 0 aromatic carbocycles. The Bertz CT molecular complexity index is 412. The van der Waals surface area contributed by atoms with Gasteiger partial charge < -0.3 is 14.7 Å². The molecular weight excluding hydrogens is 239 g/mol. The van der Waals surface area contributed by atoms with Crippen LogP contribution in [0, 0.1) is 0 Å². The Balaban J connectivity index is 2.21. The van der Waals surface area contributed by atoms with Crippen LogP contribution < -0.4 is 5.32 Å². The van der Waals surface area contributed by atoms with Crippen molar-refractivity contribution in [3.63, 3.8) is 0 Å². The fourth-order valence-corrected chi connectivity index (χ4v) is 3.82. The first-order chi connectivity index (χ1) is 8.15. The van der Waals surface area contributed by atoms with E-state index in [1.165, 1.54) is 0 Å². The second kappa shape index (κ2) is 5.27. The minimum absolute atomic E-state index is 0.0569. The van der Waals surface area contributed by atoms with Gasteiger partial charge in [0.1, 0.15) is 0 Å². The molecule has 17 heavy (non-hydrogen) atoms. The smallest absolute Gasteiger partial charge is 0.324 e. The lowest BCUT2D eigenvalue weighted by atomic mass is 10.0. The van der Waals surface area contributed by atoms with E-state index in [1.54, 1.807) is 13.1 Å². The van der Waals surface area contributed by atoms with Gasteiger partial charge in [0.15, 0.2) is 0 Å². The molecule has 6 heteroatoms. The van der Waals surface area contributed by atoms with Crippen LogP contribution in [0.25, 0.3) is 0 Å². The SMILES string of the molecule is CCOP(=O)(O)C1CNCC1c1ccccn1. The minimum atomic E-state index is -3.56. The molecule has 2 rings (SSSR count). The van der Waals surface area contributed by atoms with Crippen LogP contribution in [-0.4, -0.2) is 35.2 Å². The van der Waals surface area contributed by atoms with Crippen molar-refractivity contribution in [1.82, 2.24) is 10.3 Å². The second-order valence-electron chi connectivity index (χ2n) is 4.07. The third-order valence-electron chi connectivity index (χ3n) is 2.98. The Morgan fingerprint density at radius 3 is 3.06 bits per heavy atom. The van der Waals surface area contributed by atoms with Crippen molar-refractivity contribution >= 4 is 7.60 Å². The summed E-state index contributed by atoms with van der Waals surface area (Å²) in [5.74, 6) is -0.0569. The van der Waals surface area contributed by atoms with Crippen molar-refractivity contribution in [1.29, 1.82) is 0 Å². The Morgan fingerprint density at radius 2 is 2.41 bits per heavy atom.